The maximum Gasteiger partial charge on any atom is 0.417 e. The number of rotatable bonds is 4. The summed E-state index contributed by atoms with van der Waals surface area (Å²) in [5.74, 6) is -1.80. The Labute approximate surface area is 103 Å². The molecule has 96 valence electrons. The largest absolute Gasteiger partial charge is 0.481 e. The van der Waals surface area contributed by atoms with Crippen molar-refractivity contribution in [2.75, 3.05) is 18.5 Å². The minimum absolute atomic E-state index is 0.384. The van der Waals surface area contributed by atoms with Gasteiger partial charge in [0.2, 0.25) is 0 Å². The van der Waals surface area contributed by atoms with Crippen LogP contribution in [0.3, 0.4) is 0 Å². The van der Waals surface area contributed by atoms with Crippen LogP contribution in [0.15, 0.2) is 27.4 Å². The van der Waals surface area contributed by atoms with Crippen LogP contribution in [0.4, 0.5) is 5.69 Å². The molecule has 0 aliphatic heterocycles. The SMILES string of the molecule is CC(CN(C)c1ccc2[nH]c(=O)oc2c1)C(=O)O. The highest BCUT2D eigenvalue weighted by Gasteiger charge is 2.14. The maximum atomic E-state index is 11.0. The van der Waals surface area contributed by atoms with Gasteiger partial charge in [0.15, 0.2) is 5.58 Å². The van der Waals surface area contributed by atoms with Crippen LogP contribution in [0.25, 0.3) is 11.1 Å². The number of benzene rings is 1. The number of hydrogen-bond acceptors (Lipinski definition) is 4. The molecule has 0 saturated heterocycles. The van der Waals surface area contributed by atoms with Crippen molar-refractivity contribution in [2.45, 2.75) is 6.92 Å². The Morgan fingerprint density at radius 3 is 2.94 bits per heavy atom. The molecule has 6 heteroatoms. The van der Waals surface area contributed by atoms with Gasteiger partial charge in [0.25, 0.3) is 0 Å². The number of aromatic nitrogens is 1. The van der Waals surface area contributed by atoms with Gasteiger partial charge in [-0.3, -0.25) is 9.78 Å². The third kappa shape index (κ3) is 2.37. The minimum Gasteiger partial charge on any atom is -0.481 e. The Hall–Kier alpha value is -2.24. The number of aromatic amines is 1. The van der Waals surface area contributed by atoms with Gasteiger partial charge in [-0.1, -0.05) is 6.92 Å². The van der Waals surface area contributed by atoms with Crippen molar-refractivity contribution in [3.63, 3.8) is 0 Å². The van der Waals surface area contributed by atoms with E-state index >= 15 is 0 Å². The fourth-order valence-corrected chi connectivity index (χ4v) is 1.77. The molecule has 1 unspecified atom stereocenters. The van der Waals surface area contributed by atoms with Crippen molar-refractivity contribution < 1.29 is 14.3 Å². The molecule has 0 bridgehead atoms. The number of carboxylic acid groups (broad SMARTS) is 1. The first-order chi connectivity index (χ1) is 8.47. The normalized spacial score (nSPS) is 12.6. The summed E-state index contributed by atoms with van der Waals surface area (Å²) in [6, 6.07) is 5.25. The summed E-state index contributed by atoms with van der Waals surface area (Å²) in [5.41, 5.74) is 1.90. The summed E-state index contributed by atoms with van der Waals surface area (Å²) >= 11 is 0. The summed E-state index contributed by atoms with van der Waals surface area (Å²) in [5, 5.41) is 8.86. The number of hydrogen-bond donors (Lipinski definition) is 2. The van der Waals surface area contributed by atoms with Gasteiger partial charge >= 0.3 is 11.7 Å². The molecule has 0 aliphatic carbocycles. The second kappa shape index (κ2) is 4.56. The third-order valence-electron chi connectivity index (χ3n) is 2.81. The summed E-state index contributed by atoms with van der Waals surface area (Å²) in [4.78, 5) is 26.2. The molecule has 0 fully saturated rings. The van der Waals surface area contributed by atoms with Gasteiger partial charge in [0.05, 0.1) is 11.4 Å². The second-order valence-corrected chi connectivity index (χ2v) is 4.31. The van der Waals surface area contributed by atoms with Gasteiger partial charge in [0.1, 0.15) is 0 Å². The number of carbonyl (C=O) groups is 1. The molecule has 0 saturated carbocycles. The molecule has 2 rings (SSSR count). The molecular formula is C12H14N2O4. The number of H-pyrrole nitrogens is 1. The average Bonchev–Trinajstić information content (AvgIpc) is 2.67. The Balaban J connectivity index is 2.24. The van der Waals surface area contributed by atoms with Crippen molar-refractivity contribution in [3.05, 3.63) is 28.7 Å². The number of aliphatic carboxylic acids is 1. The first-order valence-electron chi connectivity index (χ1n) is 5.54. The highest BCUT2D eigenvalue weighted by Crippen LogP contribution is 2.20. The molecule has 1 heterocycles. The van der Waals surface area contributed by atoms with Crippen LogP contribution in [0.2, 0.25) is 0 Å². The van der Waals surface area contributed by atoms with Gasteiger partial charge in [-0.25, -0.2) is 4.79 Å². The van der Waals surface area contributed by atoms with Gasteiger partial charge in [-0.05, 0) is 12.1 Å². The van der Waals surface area contributed by atoms with Gasteiger partial charge in [-0.15, -0.1) is 0 Å². The highest BCUT2D eigenvalue weighted by molar-refractivity contribution is 5.77. The van der Waals surface area contributed by atoms with E-state index in [9.17, 15) is 9.59 Å². The van der Waals surface area contributed by atoms with Crippen molar-refractivity contribution >= 4 is 22.8 Å². The molecule has 2 N–H and O–H groups in total. The van der Waals surface area contributed by atoms with Gasteiger partial charge in [0, 0.05) is 25.3 Å². The fourth-order valence-electron chi connectivity index (χ4n) is 1.77. The van der Waals surface area contributed by atoms with E-state index in [-0.39, 0.29) is 0 Å². The van der Waals surface area contributed by atoms with Crippen LogP contribution >= 0.6 is 0 Å². The number of nitrogens with one attached hydrogen (secondary N) is 1. The molecule has 1 aromatic heterocycles. The molecule has 2 aromatic rings. The average molecular weight is 250 g/mol. The molecule has 1 atom stereocenters. The molecular weight excluding hydrogens is 236 g/mol. The lowest BCUT2D eigenvalue weighted by Crippen LogP contribution is -2.28. The number of fused-ring (bicyclic) bond motifs is 1. The van der Waals surface area contributed by atoms with Crippen LogP contribution in [-0.4, -0.2) is 29.7 Å². The summed E-state index contributed by atoms with van der Waals surface area (Å²) < 4.78 is 4.96. The van der Waals surface area contributed by atoms with Crippen molar-refractivity contribution in [1.82, 2.24) is 4.98 Å². The van der Waals surface area contributed by atoms with Crippen molar-refractivity contribution in [2.24, 2.45) is 5.92 Å². The van der Waals surface area contributed by atoms with Crippen molar-refractivity contribution in [1.29, 1.82) is 0 Å². The van der Waals surface area contributed by atoms with E-state index in [0.717, 1.165) is 5.69 Å². The number of anilines is 1. The smallest absolute Gasteiger partial charge is 0.417 e. The van der Waals surface area contributed by atoms with Crippen LogP contribution < -0.4 is 10.7 Å². The Morgan fingerprint density at radius 2 is 2.28 bits per heavy atom. The topological polar surface area (TPSA) is 86.5 Å². The highest BCUT2D eigenvalue weighted by atomic mass is 16.4. The maximum absolute atomic E-state index is 11.0. The Bertz CT molecular complexity index is 628. The summed E-state index contributed by atoms with van der Waals surface area (Å²) in [6.45, 7) is 2.03. The lowest BCUT2D eigenvalue weighted by molar-refractivity contribution is -0.140. The molecule has 0 amide bonds. The standard InChI is InChI=1S/C12H14N2O4/c1-7(11(15)16)6-14(2)8-3-4-9-10(5-8)18-12(17)13-9/h3-5,7H,6H2,1-2H3,(H,13,17)(H,15,16). The third-order valence-corrected chi connectivity index (χ3v) is 2.81. The predicted octanol–water partition coefficient (Wildman–Crippen LogP) is 1.28. The molecule has 0 spiro atoms. The minimum atomic E-state index is -0.837. The zero-order chi connectivity index (χ0) is 13.3. The zero-order valence-electron chi connectivity index (χ0n) is 10.1. The summed E-state index contributed by atoms with van der Waals surface area (Å²) in [7, 11) is 1.80. The molecule has 1 aromatic carbocycles. The van der Waals surface area contributed by atoms with Crippen LogP contribution in [0, 0.1) is 5.92 Å². The molecule has 0 aliphatic rings. The van der Waals surface area contributed by atoms with E-state index in [1.807, 2.05) is 11.0 Å². The van der Waals surface area contributed by atoms with E-state index in [2.05, 4.69) is 4.98 Å². The quantitative estimate of drug-likeness (QED) is 0.853. The first kappa shape index (κ1) is 12.2. The Kier molecular flexibility index (Phi) is 3.10. The lowest BCUT2D eigenvalue weighted by Gasteiger charge is -2.21. The van der Waals surface area contributed by atoms with E-state index in [1.54, 1.807) is 26.1 Å². The Morgan fingerprint density at radius 1 is 1.56 bits per heavy atom. The number of oxazole rings is 1. The van der Waals surface area contributed by atoms with Gasteiger partial charge < -0.3 is 14.4 Å². The van der Waals surface area contributed by atoms with Crippen LogP contribution in [0.1, 0.15) is 6.92 Å². The molecule has 6 nitrogen and oxygen atoms in total. The first-order valence-corrected chi connectivity index (χ1v) is 5.54. The van der Waals surface area contributed by atoms with Crippen LogP contribution in [-0.2, 0) is 4.79 Å². The van der Waals surface area contributed by atoms with Crippen LogP contribution in [0.5, 0.6) is 0 Å². The van der Waals surface area contributed by atoms with E-state index < -0.39 is 17.6 Å². The van der Waals surface area contributed by atoms with E-state index in [0.29, 0.717) is 17.6 Å². The zero-order valence-corrected chi connectivity index (χ0v) is 10.1. The molecule has 18 heavy (non-hydrogen) atoms. The van der Waals surface area contributed by atoms with Crippen molar-refractivity contribution in [3.8, 4) is 0 Å². The van der Waals surface area contributed by atoms with E-state index in [4.69, 9.17) is 9.52 Å². The second-order valence-electron chi connectivity index (χ2n) is 4.31. The predicted molar refractivity (Wildman–Crippen MR) is 66.9 cm³/mol. The van der Waals surface area contributed by atoms with Gasteiger partial charge in [-0.2, -0.15) is 0 Å². The van der Waals surface area contributed by atoms with E-state index in [1.165, 1.54) is 0 Å². The monoisotopic (exact) mass is 250 g/mol. The number of carboxylic acids is 1. The fraction of sp³-hybridized carbons (Fsp3) is 0.333. The molecule has 0 radical (unpaired) electrons. The number of nitrogens with zero attached hydrogens (tertiary/aromatic N) is 1. The summed E-state index contributed by atoms with van der Waals surface area (Å²) in [6.07, 6.45) is 0. The lowest BCUT2D eigenvalue weighted by atomic mass is 10.1.